The zero-order valence-electron chi connectivity index (χ0n) is 13.0. The number of piperazine rings is 1. The van der Waals surface area contributed by atoms with Crippen molar-refractivity contribution in [2.45, 2.75) is 20.3 Å². The predicted molar refractivity (Wildman–Crippen MR) is 90.6 cm³/mol. The van der Waals surface area contributed by atoms with Gasteiger partial charge in [-0.15, -0.1) is 12.4 Å². The molecule has 118 valence electrons. The lowest BCUT2D eigenvalue weighted by atomic mass is 10.1. The summed E-state index contributed by atoms with van der Waals surface area (Å²) in [4.78, 5) is 16.6. The fraction of sp³-hybridized carbons (Fsp3) is 0.562. The van der Waals surface area contributed by atoms with Crippen LogP contribution in [0.2, 0.25) is 0 Å². The van der Waals surface area contributed by atoms with Gasteiger partial charge in [0.05, 0.1) is 0 Å². The highest BCUT2D eigenvalue weighted by molar-refractivity contribution is 5.94. The topological polar surface area (TPSA) is 35.6 Å². The lowest BCUT2D eigenvalue weighted by molar-refractivity contribution is 0.0736. The maximum absolute atomic E-state index is 12.4. The average molecular weight is 312 g/mol. The SMILES string of the molecule is CCCN(CC)c1ccc(C(=O)N2CCNCC2)cc1.Cl. The summed E-state index contributed by atoms with van der Waals surface area (Å²) in [5, 5.41) is 3.27. The Kier molecular flexibility index (Phi) is 7.54. The number of carbonyl (C=O) groups excluding carboxylic acids is 1. The van der Waals surface area contributed by atoms with Crippen molar-refractivity contribution in [1.82, 2.24) is 10.2 Å². The minimum atomic E-state index is 0. The first-order valence-electron chi connectivity index (χ1n) is 7.61. The van der Waals surface area contributed by atoms with E-state index >= 15 is 0 Å². The molecule has 0 spiro atoms. The molecule has 1 aromatic carbocycles. The standard InChI is InChI=1S/C16H25N3O.ClH/c1-3-11-18(4-2)15-7-5-14(6-8-15)16(20)19-12-9-17-10-13-19;/h5-8,17H,3-4,9-13H2,1-2H3;1H. The number of carbonyl (C=O) groups is 1. The van der Waals surface area contributed by atoms with Crippen molar-refractivity contribution in [1.29, 1.82) is 0 Å². The molecule has 0 aliphatic carbocycles. The van der Waals surface area contributed by atoms with E-state index in [9.17, 15) is 4.79 Å². The summed E-state index contributed by atoms with van der Waals surface area (Å²) in [5.41, 5.74) is 1.99. The lowest BCUT2D eigenvalue weighted by Crippen LogP contribution is -2.46. The van der Waals surface area contributed by atoms with E-state index < -0.39 is 0 Å². The van der Waals surface area contributed by atoms with E-state index in [1.54, 1.807) is 0 Å². The molecule has 0 unspecified atom stereocenters. The molecule has 4 nitrogen and oxygen atoms in total. The summed E-state index contributed by atoms with van der Waals surface area (Å²) >= 11 is 0. The number of benzene rings is 1. The lowest BCUT2D eigenvalue weighted by Gasteiger charge is -2.28. The number of halogens is 1. The quantitative estimate of drug-likeness (QED) is 0.907. The van der Waals surface area contributed by atoms with Gasteiger partial charge in [-0.2, -0.15) is 0 Å². The van der Waals surface area contributed by atoms with Crippen LogP contribution < -0.4 is 10.2 Å². The second-order valence-corrected chi connectivity index (χ2v) is 5.17. The van der Waals surface area contributed by atoms with Gasteiger partial charge in [-0.25, -0.2) is 0 Å². The molecule has 0 saturated carbocycles. The molecule has 1 N–H and O–H groups in total. The van der Waals surface area contributed by atoms with Gasteiger partial charge in [0, 0.05) is 50.5 Å². The molecule has 5 heteroatoms. The van der Waals surface area contributed by atoms with Gasteiger partial charge in [-0.3, -0.25) is 4.79 Å². The van der Waals surface area contributed by atoms with Crippen LogP contribution in [-0.2, 0) is 0 Å². The maximum Gasteiger partial charge on any atom is 0.253 e. The Balaban J connectivity index is 0.00000220. The average Bonchev–Trinajstić information content (AvgIpc) is 2.53. The number of hydrogen-bond acceptors (Lipinski definition) is 3. The summed E-state index contributed by atoms with van der Waals surface area (Å²) in [6.07, 6.45) is 1.13. The van der Waals surface area contributed by atoms with Gasteiger partial charge in [0.2, 0.25) is 0 Å². The number of nitrogens with zero attached hydrogens (tertiary/aromatic N) is 2. The van der Waals surface area contributed by atoms with Crippen molar-refractivity contribution >= 4 is 24.0 Å². The van der Waals surface area contributed by atoms with Crippen LogP contribution in [0.5, 0.6) is 0 Å². The van der Waals surface area contributed by atoms with Gasteiger partial charge in [-0.05, 0) is 37.6 Å². The highest BCUT2D eigenvalue weighted by Gasteiger charge is 2.17. The van der Waals surface area contributed by atoms with Crippen LogP contribution >= 0.6 is 12.4 Å². The maximum atomic E-state index is 12.4. The normalized spacial score (nSPS) is 14.5. The number of amides is 1. The third-order valence-electron chi connectivity index (χ3n) is 3.76. The van der Waals surface area contributed by atoms with Gasteiger partial charge in [-0.1, -0.05) is 6.92 Å². The number of hydrogen-bond donors (Lipinski definition) is 1. The van der Waals surface area contributed by atoms with Gasteiger partial charge < -0.3 is 15.1 Å². The smallest absolute Gasteiger partial charge is 0.253 e. The van der Waals surface area contributed by atoms with Gasteiger partial charge in [0.1, 0.15) is 0 Å². The molecule has 1 amide bonds. The molecule has 0 bridgehead atoms. The molecular weight excluding hydrogens is 286 g/mol. The minimum Gasteiger partial charge on any atom is -0.372 e. The summed E-state index contributed by atoms with van der Waals surface area (Å²) < 4.78 is 0. The first kappa shape index (κ1) is 17.8. The second kappa shape index (κ2) is 8.90. The monoisotopic (exact) mass is 311 g/mol. The summed E-state index contributed by atoms with van der Waals surface area (Å²) in [5.74, 6) is 0.150. The van der Waals surface area contributed by atoms with Crippen LogP contribution in [0.25, 0.3) is 0 Å². The highest BCUT2D eigenvalue weighted by Crippen LogP contribution is 2.16. The van der Waals surface area contributed by atoms with Gasteiger partial charge in [0.15, 0.2) is 0 Å². The molecule has 1 fully saturated rings. The van der Waals surface area contributed by atoms with Crippen molar-refractivity contribution in [2.75, 3.05) is 44.2 Å². The van der Waals surface area contributed by atoms with Crippen LogP contribution in [0.3, 0.4) is 0 Å². The first-order valence-corrected chi connectivity index (χ1v) is 7.61. The van der Waals surface area contributed by atoms with Crippen LogP contribution in [0.4, 0.5) is 5.69 Å². The summed E-state index contributed by atoms with van der Waals surface area (Å²) in [6, 6.07) is 8.04. The predicted octanol–water partition coefficient (Wildman–Crippen LogP) is 2.39. The zero-order chi connectivity index (χ0) is 14.4. The van der Waals surface area contributed by atoms with Crippen molar-refractivity contribution in [2.24, 2.45) is 0 Å². The zero-order valence-corrected chi connectivity index (χ0v) is 13.8. The molecule has 21 heavy (non-hydrogen) atoms. The van der Waals surface area contributed by atoms with E-state index in [4.69, 9.17) is 0 Å². The van der Waals surface area contributed by atoms with E-state index in [2.05, 4.69) is 36.2 Å². The van der Waals surface area contributed by atoms with E-state index in [0.29, 0.717) is 0 Å². The Labute approximate surface area is 133 Å². The third kappa shape index (κ3) is 4.61. The fourth-order valence-corrected chi connectivity index (χ4v) is 2.61. The Morgan fingerprint density at radius 1 is 1.19 bits per heavy atom. The minimum absolute atomic E-state index is 0. The largest absolute Gasteiger partial charge is 0.372 e. The Morgan fingerprint density at radius 3 is 2.33 bits per heavy atom. The van der Waals surface area contributed by atoms with E-state index in [1.165, 1.54) is 5.69 Å². The fourth-order valence-electron chi connectivity index (χ4n) is 2.61. The molecule has 1 heterocycles. The van der Waals surface area contributed by atoms with E-state index in [1.807, 2.05) is 17.0 Å². The first-order chi connectivity index (χ1) is 9.76. The Morgan fingerprint density at radius 2 is 1.81 bits per heavy atom. The van der Waals surface area contributed by atoms with Crippen LogP contribution in [-0.4, -0.2) is 50.1 Å². The Hall–Kier alpha value is -1.26. The molecule has 0 aromatic heterocycles. The number of rotatable bonds is 5. The molecule has 1 aromatic rings. The van der Waals surface area contributed by atoms with Crippen molar-refractivity contribution in [3.05, 3.63) is 29.8 Å². The molecule has 1 aliphatic heterocycles. The molecule has 2 rings (SSSR count). The van der Waals surface area contributed by atoms with Crippen LogP contribution in [0.15, 0.2) is 24.3 Å². The number of anilines is 1. The second-order valence-electron chi connectivity index (χ2n) is 5.17. The number of nitrogens with one attached hydrogen (secondary N) is 1. The molecular formula is C16H26ClN3O. The molecule has 0 atom stereocenters. The van der Waals surface area contributed by atoms with Crippen molar-refractivity contribution in [3.63, 3.8) is 0 Å². The van der Waals surface area contributed by atoms with Gasteiger partial charge >= 0.3 is 0 Å². The van der Waals surface area contributed by atoms with E-state index in [0.717, 1.165) is 51.3 Å². The Bertz CT molecular complexity index is 430. The highest BCUT2D eigenvalue weighted by atomic mass is 35.5. The molecule has 0 radical (unpaired) electrons. The van der Waals surface area contributed by atoms with Crippen molar-refractivity contribution < 1.29 is 4.79 Å². The summed E-state index contributed by atoms with van der Waals surface area (Å²) in [7, 11) is 0. The van der Waals surface area contributed by atoms with Crippen molar-refractivity contribution in [3.8, 4) is 0 Å². The third-order valence-corrected chi connectivity index (χ3v) is 3.76. The van der Waals surface area contributed by atoms with Gasteiger partial charge in [0.25, 0.3) is 5.91 Å². The molecule has 1 aliphatic rings. The van der Waals surface area contributed by atoms with Crippen LogP contribution in [0, 0.1) is 0 Å². The summed E-state index contributed by atoms with van der Waals surface area (Å²) in [6.45, 7) is 9.80. The van der Waals surface area contributed by atoms with E-state index in [-0.39, 0.29) is 18.3 Å². The van der Waals surface area contributed by atoms with Crippen LogP contribution in [0.1, 0.15) is 30.6 Å². The molecule has 1 saturated heterocycles.